The van der Waals surface area contributed by atoms with E-state index < -0.39 is 0 Å². The smallest absolute Gasteiger partial charge is 0.124 e. The van der Waals surface area contributed by atoms with E-state index in [4.69, 9.17) is 10.5 Å². The highest BCUT2D eigenvalue weighted by Crippen LogP contribution is 2.40. The van der Waals surface area contributed by atoms with E-state index in [-0.39, 0.29) is 6.04 Å². The van der Waals surface area contributed by atoms with Crippen LogP contribution in [0.4, 0.5) is 0 Å². The van der Waals surface area contributed by atoms with Crippen LogP contribution in [0.3, 0.4) is 0 Å². The van der Waals surface area contributed by atoms with Crippen LogP contribution in [0, 0.1) is 11.3 Å². The Labute approximate surface area is 117 Å². The number of ether oxygens (including phenoxy) is 1. The molecule has 0 bridgehead atoms. The van der Waals surface area contributed by atoms with Crippen molar-refractivity contribution < 1.29 is 4.74 Å². The molecule has 0 amide bonds. The molecule has 1 aliphatic rings. The van der Waals surface area contributed by atoms with Gasteiger partial charge in [0.15, 0.2) is 0 Å². The van der Waals surface area contributed by atoms with Crippen LogP contribution >= 0.6 is 0 Å². The molecule has 2 heteroatoms. The van der Waals surface area contributed by atoms with Crippen LogP contribution in [-0.4, -0.2) is 6.10 Å². The van der Waals surface area contributed by atoms with E-state index in [0.29, 0.717) is 11.5 Å². The molecule has 0 radical (unpaired) electrons. The molecule has 0 spiro atoms. The van der Waals surface area contributed by atoms with Gasteiger partial charge in [-0.05, 0) is 43.6 Å². The molecule has 3 atom stereocenters. The molecule has 1 fully saturated rings. The highest BCUT2D eigenvalue weighted by Gasteiger charge is 2.33. The van der Waals surface area contributed by atoms with Gasteiger partial charge < -0.3 is 10.5 Å². The third-order valence-corrected chi connectivity index (χ3v) is 4.05. The van der Waals surface area contributed by atoms with Gasteiger partial charge in [-0.15, -0.1) is 0 Å². The van der Waals surface area contributed by atoms with Crippen molar-refractivity contribution in [3.05, 3.63) is 29.8 Å². The van der Waals surface area contributed by atoms with Crippen molar-refractivity contribution in [3.8, 4) is 5.75 Å². The first kappa shape index (κ1) is 14.4. The molecule has 0 saturated heterocycles. The van der Waals surface area contributed by atoms with Gasteiger partial charge >= 0.3 is 0 Å². The van der Waals surface area contributed by atoms with Crippen molar-refractivity contribution in [1.82, 2.24) is 0 Å². The summed E-state index contributed by atoms with van der Waals surface area (Å²) in [5.41, 5.74) is 7.51. The maximum absolute atomic E-state index is 6.27. The van der Waals surface area contributed by atoms with Gasteiger partial charge in [-0.25, -0.2) is 0 Å². The lowest BCUT2D eigenvalue weighted by Gasteiger charge is -2.39. The maximum atomic E-state index is 6.27. The molecule has 106 valence electrons. The van der Waals surface area contributed by atoms with Crippen LogP contribution in [0.2, 0.25) is 0 Å². The summed E-state index contributed by atoms with van der Waals surface area (Å²) in [6, 6.07) is 8.19. The average Bonchev–Trinajstić information content (AvgIpc) is 2.26. The minimum Gasteiger partial charge on any atom is -0.490 e. The molecule has 19 heavy (non-hydrogen) atoms. The maximum Gasteiger partial charge on any atom is 0.124 e. The van der Waals surface area contributed by atoms with E-state index in [1.54, 1.807) is 0 Å². The lowest BCUT2D eigenvalue weighted by molar-refractivity contribution is 0.0554. The molecule has 0 heterocycles. The number of rotatable bonds is 3. The Morgan fingerprint density at radius 2 is 1.95 bits per heavy atom. The monoisotopic (exact) mass is 261 g/mol. The minimum atomic E-state index is 0.0187. The lowest BCUT2D eigenvalue weighted by atomic mass is 9.71. The highest BCUT2D eigenvalue weighted by molar-refractivity contribution is 5.35. The van der Waals surface area contributed by atoms with E-state index in [0.717, 1.165) is 30.1 Å². The second-order valence-corrected chi connectivity index (χ2v) is 6.98. The van der Waals surface area contributed by atoms with Gasteiger partial charge in [-0.3, -0.25) is 0 Å². The van der Waals surface area contributed by atoms with Gasteiger partial charge in [0.2, 0.25) is 0 Å². The lowest BCUT2D eigenvalue weighted by Crippen LogP contribution is -2.34. The summed E-state index contributed by atoms with van der Waals surface area (Å²) in [6.07, 6.45) is 3.89. The first-order chi connectivity index (χ1) is 8.87. The summed E-state index contributed by atoms with van der Waals surface area (Å²) in [7, 11) is 0. The van der Waals surface area contributed by atoms with E-state index in [1.807, 2.05) is 25.1 Å². The summed E-state index contributed by atoms with van der Waals surface area (Å²) < 4.78 is 6.27. The zero-order valence-corrected chi connectivity index (χ0v) is 12.6. The fourth-order valence-corrected chi connectivity index (χ4v) is 3.49. The SMILES string of the molecule is CC1CC(Oc2ccccc2[C@@H](C)N)CC(C)(C)C1. The Bertz CT molecular complexity index is 425. The zero-order chi connectivity index (χ0) is 14.0. The molecule has 2 rings (SSSR count). The number of benzene rings is 1. The Kier molecular flexibility index (Phi) is 4.19. The summed E-state index contributed by atoms with van der Waals surface area (Å²) >= 11 is 0. The van der Waals surface area contributed by atoms with Crippen molar-refractivity contribution >= 4 is 0 Å². The third kappa shape index (κ3) is 3.73. The molecule has 1 aliphatic carbocycles. The zero-order valence-electron chi connectivity index (χ0n) is 12.6. The number of nitrogens with two attached hydrogens (primary N) is 1. The average molecular weight is 261 g/mol. The molecular weight excluding hydrogens is 234 g/mol. The Hall–Kier alpha value is -1.02. The number of hydrogen-bond acceptors (Lipinski definition) is 2. The molecule has 1 aromatic carbocycles. The summed E-state index contributed by atoms with van der Waals surface area (Å²) in [5.74, 6) is 1.70. The van der Waals surface area contributed by atoms with Gasteiger partial charge in [0.25, 0.3) is 0 Å². The first-order valence-electron chi connectivity index (χ1n) is 7.38. The van der Waals surface area contributed by atoms with Gasteiger partial charge in [0, 0.05) is 11.6 Å². The normalized spacial score (nSPS) is 27.8. The minimum absolute atomic E-state index is 0.0187. The van der Waals surface area contributed by atoms with Crippen molar-refractivity contribution in [2.45, 2.75) is 59.1 Å². The molecule has 0 aliphatic heterocycles. The van der Waals surface area contributed by atoms with Crippen LogP contribution in [0.15, 0.2) is 24.3 Å². The predicted octanol–water partition coefficient (Wildman–Crippen LogP) is 4.30. The van der Waals surface area contributed by atoms with Crippen LogP contribution in [-0.2, 0) is 0 Å². The molecule has 1 saturated carbocycles. The second kappa shape index (κ2) is 5.54. The van der Waals surface area contributed by atoms with E-state index in [2.05, 4.69) is 26.8 Å². The molecule has 0 aromatic heterocycles. The van der Waals surface area contributed by atoms with Crippen molar-refractivity contribution in [2.75, 3.05) is 0 Å². The molecular formula is C17H27NO. The van der Waals surface area contributed by atoms with Gasteiger partial charge in [0.05, 0.1) is 6.10 Å². The fourth-order valence-electron chi connectivity index (χ4n) is 3.49. The Morgan fingerprint density at radius 1 is 1.26 bits per heavy atom. The Balaban J connectivity index is 2.13. The van der Waals surface area contributed by atoms with Crippen LogP contribution in [0.25, 0.3) is 0 Å². The largest absolute Gasteiger partial charge is 0.490 e. The summed E-state index contributed by atoms with van der Waals surface area (Å²) in [6.45, 7) is 9.03. The first-order valence-corrected chi connectivity index (χ1v) is 7.38. The second-order valence-electron chi connectivity index (χ2n) is 6.98. The highest BCUT2D eigenvalue weighted by atomic mass is 16.5. The van der Waals surface area contributed by atoms with Crippen LogP contribution in [0.1, 0.15) is 58.6 Å². The fraction of sp³-hybridized carbons (Fsp3) is 0.647. The molecule has 1 aromatic rings. The number of para-hydroxylation sites is 1. The summed E-state index contributed by atoms with van der Waals surface area (Å²) in [5, 5.41) is 0. The summed E-state index contributed by atoms with van der Waals surface area (Å²) in [4.78, 5) is 0. The van der Waals surface area contributed by atoms with Crippen LogP contribution < -0.4 is 10.5 Å². The number of hydrogen-bond donors (Lipinski definition) is 1. The topological polar surface area (TPSA) is 35.2 Å². The predicted molar refractivity (Wildman–Crippen MR) is 80.3 cm³/mol. The van der Waals surface area contributed by atoms with E-state index >= 15 is 0 Å². The van der Waals surface area contributed by atoms with Gasteiger partial charge in [0.1, 0.15) is 5.75 Å². The third-order valence-electron chi connectivity index (χ3n) is 4.05. The molecule has 2 unspecified atom stereocenters. The molecule has 2 N–H and O–H groups in total. The van der Waals surface area contributed by atoms with E-state index in [9.17, 15) is 0 Å². The van der Waals surface area contributed by atoms with Crippen LogP contribution in [0.5, 0.6) is 5.75 Å². The van der Waals surface area contributed by atoms with Crippen molar-refractivity contribution in [3.63, 3.8) is 0 Å². The Morgan fingerprint density at radius 3 is 2.58 bits per heavy atom. The van der Waals surface area contributed by atoms with Crippen molar-refractivity contribution in [1.29, 1.82) is 0 Å². The molecule has 2 nitrogen and oxygen atoms in total. The van der Waals surface area contributed by atoms with Crippen molar-refractivity contribution in [2.24, 2.45) is 17.1 Å². The quantitative estimate of drug-likeness (QED) is 0.880. The van der Waals surface area contributed by atoms with E-state index in [1.165, 1.54) is 6.42 Å². The standard InChI is InChI=1S/C17H27NO/c1-12-9-14(11-17(3,4)10-12)19-16-8-6-5-7-15(16)13(2)18/h5-8,12-14H,9-11,18H2,1-4H3/t12?,13-,14?/m1/s1. The van der Waals surface area contributed by atoms with Gasteiger partial charge in [-0.2, -0.15) is 0 Å². The van der Waals surface area contributed by atoms with Gasteiger partial charge in [-0.1, -0.05) is 39.0 Å².